The van der Waals surface area contributed by atoms with Gasteiger partial charge in [-0.1, -0.05) is 84.0 Å². The molecule has 0 saturated carbocycles. The summed E-state index contributed by atoms with van der Waals surface area (Å²) in [6, 6.07) is 0. The van der Waals surface area contributed by atoms with E-state index in [1.165, 1.54) is 57.8 Å². The molecule has 0 aromatic heterocycles. The van der Waals surface area contributed by atoms with Crippen molar-refractivity contribution < 1.29 is 56.7 Å². The number of ether oxygens (including phenoxy) is 2. The molecule has 0 saturated heterocycles. The Bertz CT molecular complexity index is 902. The number of hydrogen-bond acceptors (Lipinski definition) is 9. The zero-order valence-electron chi connectivity index (χ0n) is 27.3. The van der Waals surface area contributed by atoms with Gasteiger partial charge >= 0.3 is 25.7 Å². The van der Waals surface area contributed by atoms with E-state index in [0.29, 0.717) is 23.5 Å². The zero-order valence-corrected chi connectivity index (χ0v) is 28.2. The lowest BCUT2D eigenvalue weighted by atomic mass is 10.0. The van der Waals surface area contributed by atoms with Gasteiger partial charge in [-0.15, -0.1) is 0 Å². The molecule has 0 radical (unpaired) electrons. The molecule has 0 spiro atoms. The number of carbonyl (C=O) groups excluding carboxylic acids is 3. The molecule has 13 heteroatoms. The van der Waals surface area contributed by atoms with Gasteiger partial charge in [0.1, 0.15) is 19.8 Å². The van der Waals surface area contributed by atoms with Crippen LogP contribution in [0.4, 0.5) is 0 Å². The molecule has 12 nitrogen and oxygen atoms in total. The lowest BCUT2D eigenvalue weighted by Crippen LogP contribution is -2.37. The van der Waals surface area contributed by atoms with E-state index in [1.54, 1.807) is 0 Å². The molecule has 256 valence electrons. The third-order valence-electron chi connectivity index (χ3n) is 6.64. The van der Waals surface area contributed by atoms with Crippen LogP contribution in [0.25, 0.3) is 0 Å². The molecular weight excluding hydrogens is 593 g/mol. The maximum atomic E-state index is 12.3. The molecule has 2 N–H and O–H groups in total. The van der Waals surface area contributed by atoms with E-state index in [4.69, 9.17) is 23.6 Å². The maximum absolute atomic E-state index is 12.3. The van der Waals surface area contributed by atoms with Crippen LogP contribution in [0.1, 0.15) is 110 Å². The monoisotopic (exact) mass is 650 g/mol. The van der Waals surface area contributed by atoms with Gasteiger partial charge in [-0.2, -0.15) is 0 Å². The van der Waals surface area contributed by atoms with Gasteiger partial charge in [0.25, 0.3) is 0 Å². The second-order valence-corrected chi connectivity index (χ2v) is 13.5. The number of carboxylic acids is 1. The van der Waals surface area contributed by atoms with Crippen molar-refractivity contribution in [1.82, 2.24) is 0 Å². The molecule has 0 aromatic rings. The average molecular weight is 651 g/mol. The van der Waals surface area contributed by atoms with Crippen molar-refractivity contribution in [3.8, 4) is 0 Å². The normalized spacial score (nSPS) is 13.8. The molecule has 2 unspecified atom stereocenters. The van der Waals surface area contributed by atoms with Crippen LogP contribution >= 0.6 is 7.82 Å². The van der Waals surface area contributed by atoms with Gasteiger partial charge in [0.15, 0.2) is 11.9 Å². The summed E-state index contributed by atoms with van der Waals surface area (Å²) in [4.78, 5) is 56.8. The van der Waals surface area contributed by atoms with Gasteiger partial charge in [-0.3, -0.25) is 23.4 Å². The van der Waals surface area contributed by atoms with E-state index in [-0.39, 0.29) is 25.9 Å². The first kappa shape index (κ1) is 41.9. The summed E-state index contributed by atoms with van der Waals surface area (Å²) in [6.07, 6.45) is 15.2. The first-order valence-corrected chi connectivity index (χ1v) is 17.4. The van der Waals surface area contributed by atoms with Crippen LogP contribution in [0, 0.1) is 0 Å². The lowest BCUT2D eigenvalue weighted by molar-refractivity contribution is -0.870. The van der Waals surface area contributed by atoms with Crippen molar-refractivity contribution in [3.05, 3.63) is 12.2 Å². The number of quaternary nitrogens is 1. The van der Waals surface area contributed by atoms with Gasteiger partial charge in [0, 0.05) is 18.9 Å². The van der Waals surface area contributed by atoms with Crippen LogP contribution in [-0.4, -0.2) is 91.8 Å². The Labute approximate surface area is 263 Å². The molecule has 0 fully saturated rings. The SMILES string of the molecule is CCCCCCCCCCCCCCCC(=O)OCC(COP(=O)(O)OCC[N+](C)(C)C)OC(=O)CCC(=O)/C=C/C(=O)O. The summed E-state index contributed by atoms with van der Waals surface area (Å²) in [5.74, 6) is -3.22. The number of esters is 2. The molecular formula is C31H57NO11P+. The number of carboxylic acid groups (broad SMARTS) is 1. The van der Waals surface area contributed by atoms with Crippen LogP contribution in [0.15, 0.2) is 12.2 Å². The number of phosphoric acid groups is 1. The number of unbranched alkanes of at least 4 members (excludes halogenated alkanes) is 12. The quantitative estimate of drug-likeness (QED) is 0.0333. The molecule has 2 atom stereocenters. The lowest BCUT2D eigenvalue weighted by Gasteiger charge is -2.24. The van der Waals surface area contributed by atoms with Crippen molar-refractivity contribution in [1.29, 1.82) is 0 Å². The van der Waals surface area contributed by atoms with Crippen molar-refractivity contribution in [2.45, 2.75) is 116 Å². The molecule has 0 heterocycles. The largest absolute Gasteiger partial charge is 0.478 e. The number of rotatable bonds is 29. The van der Waals surface area contributed by atoms with Crippen LogP contribution in [-0.2, 0) is 42.3 Å². The minimum Gasteiger partial charge on any atom is -0.478 e. The van der Waals surface area contributed by atoms with E-state index in [0.717, 1.165) is 25.3 Å². The van der Waals surface area contributed by atoms with Crippen LogP contribution in [0.2, 0.25) is 0 Å². The molecule has 0 aliphatic rings. The third kappa shape index (κ3) is 28.6. The first-order valence-electron chi connectivity index (χ1n) is 16.0. The highest BCUT2D eigenvalue weighted by Crippen LogP contribution is 2.43. The summed E-state index contributed by atoms with van der Waals surface area (Å²) in [6.45, 7) is 1.62. The highest BCUT2D eigenvalue weighted by Gasteiger charge is 2.27. The second kappa shape index (κ2) is 25.1. The van der Waals surface area contributed by atoms with E-state index in [9.17, 15) is 28.6 Å². The van der Waals surface area contributed by atoms with Gasteiger partial charge in [-0.05, 0) is 12.5 Å². The number of ketones is 1. The minimum absolute atomic E-state index is 0.0538. The van der Waals surface area contributed by atoms with Crippen LogP contribution < -0.4 is 0 Å². The summed E-state index contributed by atoms with van der Waals surface area (Å²) in [7, 11) is 1.18. The Morgan fingerprint density at radius 3 is 1.80 bits per heavy atom. The summed E-state index contributed by atoms with van der Waals surface area (Å²) < 4.78 is 33.2. The Hall–Kier alpha value is -2.11. The Kier molecular flexibility index (Phi) is 23.9. The van der Waals surface area contributed by atoms with Crippen molar-refractivity contribution in [3.63, 3.8) is 0 Å². The molecule has 0 aliphatic heterocycles. The number of carbonyl (C=O) groups is 4. The van der Waals surface area contributed by atoms with E-state index >= 15 is 0 Å². The Morgan fingerprint density at radius 1 is 0.727 bits per heavy atom. The number of hydrogen-bond donors (Lipinski definition) is 2. The third-order valence-corrected chi connectivity index (χ3v) is 7.62. The Morgan fingerprint density at radius 2 is 1.27 bits per heavy atom. The first-order chi connectivity index (χ1) is 20.7. The molecule has 0 rings (SSSR count). The molecule has 0 bridgehead atoms. The number of allylic oxidation sites excluding steroid dienone is 1. The van der Waals surface area contributed by atoms with Gasteiger partial charge in [0.2, 0.25) is 0 Å². The van der Waals surface area contributed by atoms with Gasteiger partial charge in [-0.25, -0.2) is 9.36 Å². The summed E-state index contributed by atoms with van der Waals surface area (Å²) >= 11 is 0. The van der Waals surface area contributed by atoms with Crippen molar-refractivity contribution >= 4 is 31.5 Å². The highest BCUT2D eigenvalue weighted by atomic mass is 31.2. The smallest absolute Gasteiger partial charge is 0.472 e. The van der Waals surface area contributed by atoms with Crippen molar-refractivity contribution in [2.24, 2.45) is 0 Å². The zero-order chi connectivity index (χ0) is 33.3. The standard InChI is InChI=1S/C31H56NO11P/c1-5-6-7-8-9-10-11-12-13-14-15-16-17-18-30(36)40-25-28(26-42-44(38,39)41-24-23-32(2,3)4)43-31(37)22-20-27(33)19-21-29(34)35/h19,21,28H,5-18,20,22-26H2,1-4H3,(H-,34,35,38,39)/p+1/b21-19+. The maximum Gasteiger partial charge on any atom is 0.472 e. The molecule has 0 amide bonds. The predicted molar refractivity (Wildman–Crippen MR) is 167 cm³/mol. The second-order valence-electron chi connectivity index (χ2n) is 12.0. The summed E-state index contributed by atoms with van der Waals surface area (Å²) in [5, 5.41) is 8.59. The molecule has 0 aromatic carbocycles. The molecule has 0 aliphatic carbocycles. The van der Waals surface area contributed by atoms with Crippen LogP contribution in [0.3, 0.4) is 0 Å². The summed E-state index contributed by atoms with van der Waals surface area (Å²) in [5.41, 5.74) is 0. The van der Waals surface area contributed by atoms with Gasteiger partial charge in [0.05, 0.1) is 34.2 Å². The predicted octanol–water partition coefficient (Wildman–Crippen LogP) is 5.75. The minimum atomic E-state index is -4.48. The molecule has 44 heavy (non-hydrogen) atoms. The average Bonchev–Trinajstić information content (AvgIpc) is 2.93. The number of aliphatic carboxylic acids is 1. The number of nitrogens with zero attached hydrogens (tertiary/aromatic N) is 1. The fourth-order valence-electron chi connectivity index (χ4n) is 4.02. The van der Waals surface area contributed by atoms with E-state index in [2.05, 4.69) is 6.92 Å². The topological polar surface area (TPSA) is 163 Å². The van der Waals surface area contributed by atoms with E-state index < -0.39 is 50.8 Å². The Balaban J connectivity index is 4.53. The fourth-order valence-corrected chi connectivity index (χ4v) is 4.77. The number of phosphoric ester groups is 1. The van der Waals surface area contributed by atoms with E-state index in [1.807, 2.05) is 21.1 Å². The van der Waals surface area contributed by atoms with Crippen LogP contribution in [0.5, 0.6) is 0 Å². The fraction of sp³-hybridized carbons (Fsp3) is 0.806. The number of likely N-dealkylation sites (N-methyl/N-ethyl adjacent to an activating group) is 1. The highest BCUT2D eigenvalue weighted by molar-refractivity contribution is 7.47. The van der Waals surface area contributed by atoms with Gasteiger partial charge < -0.3 is 24.0 Å². The van der Waals surface area contributed by atoms with Crippen molar-refractivity contribution in [2.75, 3.05) is 47.5 Å².